The molecule has 2 aliphatic rings. The summed E-state index contributed by atoms with van der Waals surface area (Å²) in [6.45, 7) is 2.99. The van der Waals surface area contributed by atoms with Crippen molar-refractivity contribution in [2.24, 2.45) is 5.92 Å². The maximum Gasteiger partial charge on any atom is 0.227 e. The molecule has 2 amide bonds. The number of rotatable bonds is 7. The first kappa shape index (κ1) is 20.3. The number of hydrogen-bond acceptors (Lipinski definition) is 5. The van der Waals surface area contributed by atoms with Crippen LogP contribution >= 0.6 is 0 Å². The Kier molecular flexibility index (Phi) is 7.40. The molecule has 0 saturated carbocycles. The standard InChI is InChI=1S/C21H27N3O4/c22-11-4-12-24(18-5-2-1-3-6-18)20(26)8-7-19(25)23-13-9-17(10-14-23)21-27-15-16-28-21/h1-3,5-6,17,21H,4,7-10,12-16H2. The highest BCUT2D eigenvalue weighted by Crippen LogP contribution is 2.26. The van der Waals surface area contributed by atoms with Gasteiger partial charge in [0.15, 0.2) is 6.29 Å². The number of nitrogens with zero attached hydrogens (tertiary/aromatic N) is 3. The lowest BCUT2D eigenvalue weighted by Gasteiger charge is -2.34. The van der Waals surface area contributed by atoms with E-state index in [1.54, 1.807) is 4.90 Å². The SMILES string of the molecule is N#CCCN(C(=O)CCC(=O)N1CCC(C2OCCO2)CC1)c1ccccc1. The van der Waals surface area contributed by atoms with Crippen LogP contribution in [0.4, 0.5) is 5.69 Å². The molecule has 0 unspecified atom stereocenters. The fourth-order valence-electron chi connectivity index (χ4n) is 3.74. The molecule has 3 rings (SSSR count). The van der Waals surface area contributed by atoms with Crippen molar-refractivity contribution in [3.8, 4) is 6.07 Å². The molecule has 28 heavy (non-hydrogen) atoms. The number of benzene rings is 1. The Labute approximate surface area is 165 Å². The number of piperidine rings is 1. The molecule has 0 N–H and O–H groups in total. The molecule has 0 bridgehead atoms. The first-order valence-electron chi connectivity index (χ1n) is 9.92. The van der Waals surface area contributed by atoms with Crippen molar-refractivity contribution in [2.45, 2.75) is 38.4 Å². The summed E-state index contributed by atoms with van der Waals surface area (Å²) in [7, 11) is 0. The maximum atomic E-state index is 12.7. The van der Waals surface area contributed by atoms with Crippen LogP contribution in [0.5, 0.6) is 0 Å². The van der Waals surface area contributed by atoms with E-state index in [2.05, 4.69) is 6.07 Å². The van der Waals surface area contributed by atoms with Gasteiger partial charge in [0.25, 0.3) is 0 Å². The average Bonchev–Trinajstić information content (AvgIpc) is 3.28. The molecule has 2 saturated heterocycles. The van der Waals surface area contributed by atoms with Crippen LogP contribution in [0.1, 0.15) is 32.1 Å². The Balaban J connectivity index is 1.47. The van der Waals surface area contributed by atoms with E-state index < -0.39 is 0 Å². The second kappa shape index (κ2) is 10.2. The Bertz CT molecular complexity index is 689. The second-order valence-electron chi connectivity index (χ2n) is 7.12. The molecule has 1 aromatic rings. The summed E-state index contributed by atoms with van der Waals surface area (Å²) in [6, 6.07) is 11.4. The molecule has 2 fully saturated rings. The molecule has 0 aromatic heterocycles. The number of nitriles is 1. The number of ether oxygens (including phenoxy) is 2. The minimum Gasteiger partial charge on any atom is -0.350 e. The average molecular weight is 385 g/mol. The van der Waals surface area contributed by atoms with E-state index in [0.717, 1.165) is 18.5 Å². The Hall–Kier alpha value is -2.43. The molecule has 0 spiro atoms. The van der Waals surface area contributed by atoms with Crippen molar-refractivity contribution < 1.29 is 19.1 Å². The van der Waals surface area contributed by atoms with E-state index in [0.29, 0.717) is 38.8 Å². The fraction of sp³-hybridized carbons (Fsp3) is 0.571. The third kappa shape index (κ3) is 5.31. The van der Waals surface area contributed by atoms with Gasteiger partial charge in [0.05, 0.1) is 25.7 Å². The number of anilines is 1. The fourth-order valence-corrected chi connectivity index (χ4v) is 3.74. The maximum absolute atomic E-state index is 12.7. The molecule has 0 radical (unpaired) electrons. The van der Waals surface area contributed by atoms with E-state index in [1.165, 1.54) is 0 Å². The summed E-state index contributed by atoms with van der Waals surface area (Å²) < 4.78 is 11.1. The van der Waals surface area contributed by atoms with E-state index in [4.69, 9.17) is 14.7 Å². The Morgan fingerprint density at radius 2 is 1.79 bits per heavy atom. The van der Waals surface area contributed by atoms with Crippen LogP contribution in [0.15, 0.2) is 30.3 Å². The third-order valence-corrected chi connectivity index (χ3v) is 5.29. The zero-order valence-corrected chi connectivity index (χ0v) is 16.1. The summed E-state index contributed by atoms with van der Waals surface area (Å²) in [5.41, 5.74) is 0.757. The van der Waals surface area contributed by atoms with Gasteiger partial charge in [-0.25, -0.2) is 0 Å². The van der Waals surface area contributed by atoms with Crippen molar-refractivity contribution in [1.82, 2.24) is 4.90 Å². The number of para-hydroxylation sites is 1. The van der Waals surface area contributed by atoms with Gasteiger partial charge < -0.3 is 19.3 Å². The molecular weight excluding hydrogens is 358 g/mol. The summed E-state index contributed by atoms with van der Waals surface area (Å²) in [6.07, 6.45) is 2.20. The molecule has 7 nitrogen and oxygen atoms in total. The third-order valence-electron chi connectivity index (χ3n) is 5.29. The summed E-state index contributed by atoms with van der Waals surface area (Å²) in [4.78, 5) is 28.6. The lowest BCUT2D eigenvalue weighted by molar-refractivity contribution is -0.138. The molecule has 150 valence electrons. The van der Waals surface area contributed by atoms with Crippen molar-refractivity contribution in [3.05, 3.63) is 30.3 Å². The molecule has 7 heteroatoms. The van der Waals surface area contributed by atoms with Crippen LogP contribution < -0.4 is 4.90 Å². The van der Waals surface area contributed by atoms with Gasteiger partial charge in [-0.2, -0.15) is 5.26 Å². The smallest absolute Gasteiger partial charge is 0.227 e. The lowest BCUT2D eigenvalue weighted by Crippen LogP contribution is -2.42. The van der Waals surface area contributed by atoms with Crippen LogP contribution in [-0.2, 0) is 19.1 Å². The summed E-state index contributed by atoms with van der Waals surface area (Å²) in [5.74, 6) is 0.221. The van der Waals surface area contributed by atoms with Gasteiger partial charge in [-0.1, -0.05) is 18.2 Å². The van der Waals surface area contributed by atoms with Gasteiger partial charge in [0.1, 0.15) is 0 Å². The lowest BCUT2D eigenvalue weighted by atomic mass is 9.96. The van der Waals surface area contributed by atoms with Crippen molar-refractivity contribution in [3.63, 3.8) is 0 Å². The molecule has 1 aromatic carbocycles. The molecule has 2 heterocycles. The van der Waals surface area contributed by atoms with E-state index in [-0.39, 0.29) is 37.4 Å². The highest BCUT2D eigenvalue weighted by molar-refractivity contribution is 5.95. The zero-order chi connectivity index (χ0) is 19.8. The highest BCUT2D eigenvalue weighted by Gasteiger charge is 2.31. The summed E-state index contributed by atoms with van der Waals surface area (Å²) >= 11 is 0. The van der Waals surface area contributed by atoms with Gasteiger partial charge in [-0.05, 0) is 25.0 Å². The first-order chi connectivity index (χ1) is 13.7. The Morgan fingerprint density at radius 3 is 2.43 bits per heavy atom. The van der Waals surface area contributed by atoms with E-state index in [9.17, 15) is 9.59 Å². The monoisotopic (exact) mass is 385 g/mol. The van der Waals surface area contributed by atoms with Crippen LogP contribution in [-0.4, -0.2) is 55.9 Å². The van der Waals surface area contributed by atoms with E-state index in [1.807, 2.05) is 35.2 Å². The zero-order valence-electron chi connectivity index (χ0n) is 16.1. The molecule has 0 atom stereocenters. The highest BCUT2D eigenvalue weighted by atomic mass is 16.7. The van der Waals surface area contributed by atoms with Crippen molar-refractivity contribution >= 4 is 17.5 Å². The minimum absolute atomic E-state index is 0.00773. The van der Waals surface area contributed by atoms with Gasteiger partial charge in [-0.3, -0.25) is 9.59 Å². The number of hydrogen-bond donors (Lipinski definition) is 0. The number of amides is 2. The largest absolute Gasteiger partial charge is 0.350 e. The van der Waals surface area contributed by atoms with Gasteiger partial charge in [0.2, 0.25) is 11.8 Å². The minimum atomic E-state index is -0.127. The van der Waals surface area contributed by atoms with Gasteiger partial charge >= 0.3 is 0 Å². The second-order valence-corrected chi connectivity index (χ2v) is 7.12. The van der Waals surface area contributed by atoms with Crippen LogP contribution in [0.25, 0.3) is 0 Å². The van der Waals surface area contributed by atoms with E-state index >= 15 is 0 Å². The van der Waals surface area contributed by atoms with Gasteiger partial charge in [-0.15, -0.1) is 0 Å². The normalized spacial score (nSPS) is 18.0. The molecule has 2 aliphatic heterocycles. The van der Waals surface area contributed by atoms with Crippen LogP contribution in [0.2, 0.25) is 0 Å². The quantitative estimate of drug-likeness (QED) is 0.719. The molecular formula is C21H27N3O4. The molecule has 0 aliphatic carbocycles. The predicted molar refractivity (Wildman–Crippen MR) is 103 cm³/mol. The Morgan fingerprint density at radius 1 is 1.11 bits per heavy atom. The van der Waals surface area contributed by atoms with Crippen LogP contribution in [0.3, 0.4) is 0 Å². The van der Waals surface area contributed by atoms with Crippen molar-refractivity contribution in [2.75, 3.05) is 37.7 Å². The van der Waals surface area contributed by atoms with Crippen LogP contribution in [0, 0.1) is 17.2 Å². The van der Waals surface area contributed by atoms with Crippen molar-refractivity contribution in [1.29, 1.82) is 5.26 Å². The number of likely N-dealkylation sites (tertiary alicyclic amines) is 1. The predicted octanol–water partition coefficient (Wildman–Crippen LogP) is 2.32. The first-order valence-corrected chi connectivity index (χ1v) is 9.92. The van der Waals surface area contributed by atoms with Gasteiger partial charge in [0, 0.05) is 44.1 Å². The number of carbonyl (C=O) groups excluding carboxylic acids is 2. The summed E-state index contributed by atoms with van der Waals surface area (Å²) in [5, 5.41) is 8.87. The number of carbonyl (C=O) groups is 2. The topological polar surface area (TPSA) is 82.9 Å².